The van der Waals surface area contributed by atoms with Gasteiger partial charge in [-0.1, -0.05) is 30.1 Å². The van der Waals surface area contributed by atoms with Crippen LogP contribution in [0.3, 0.4) is 0 Å². The lowest BCUT2D eigenvalue weighted by Crippen LogP contribution is -2.32. The Kier molecular flexibility index (Phi) is 6.24. The number of nitrogens with zero attached hydrogens (tertiary/aromatic N) is 2. The molecule has 2 rings (SSSR count). The minimum atomic E-state index is -0.197. The molecule has 0 unspecified atom stereocenters. The zero-order valence-electron chi connectivity index (χ0n) is 12.3. The van der Waals surface area contributed by atoms with Crippen molar-refractivity contribution >= 4 is 29.1 Å². The highest BCUT2D eigenvalue weighted by Gasteiger charge is 2.10. The average Bonchev–Trinajstić information content (AvgIpc) is 2.99. The molecule has 0 saturated heterocycles. The van der Waals surface area contributed by atoms with Crippen molar-refractivity contribution in [3.8, 4) is 5.69 Å². The number of aromatic nitrogens is 2. The van der Waals surface area contributed by atoms with Gasteiger partial charge in [0, 0.05) is 19.3 Å². The molecule has 0 aliphatic heterocycles. The second-order valence-electron chi connectivity index (χ2n) is 4.75. The first-order chi connectivity index (χ1) is 10.6. The van der Waals surface area contributed by atoms with E-state index in [9.17, 15) is 4.79 Å². The first kappa shape index (κ1) is 16.8. The van der Waals surface area contributed by atoms with Crippen LogP contribution >= 0.6 is 23.2 Å². The Morgan fingerprint density at radius 1 is 1.18 bits per heavy atom. The zero-order valence-corrected chi connectivity index (χ0v) is 13.8. The van der Waals surface area contributed by atoms with E-state index in [1.165, 1.54) is 0 Å². The summed E-state index contributed by atoms with van der Waals surface area (Å²) < 4.78 is 1.59. The zero-order chi connectivity index (χ0) is 15.9. The predicted molar refractivity (Wildman–Crippen MR) is 89.1 cm³/mol. The Morgan fingerprint density at radius 3 is 2.73 bits per heavy atom. The van der Waals surface area contributed by atoms with E-state index in [0.29, 0.717) is 22.3 Å². The third-order valence-electron chi connectivity index (χ3n) is 3.00. The molecule has 5 nitrogen and oxygen atoms in total. The molecule has 0 aliphatic carbocycles. The second kappa shape index (κ2) is 8.17. The van der Waals surface area contributed by atoms with Crippen LogP contribution in [-0.4, -0.2) is 35.3 Å². The Morgan fingerprint density at radius 2 is 2.00 bits per heavy atom. The van der Waals surface area contributed by atoms with Crippen molar-refractivity contribution in [2.45, 2.75) is 13.3 Å². The number of hydrogen-bond acceptors (Lipinski definition) is 3. The number of hydrogen-bond donors (Lipinski definition) is 2. The third-order valence-corrected chi connectivity index (χ3v) is 3.74. The lowest BCUT2D eigenvalue weighted by atomic mass is 10.3. The smallest absolute Gasteiger partial charge is 0.271 e. The van der Waals surface area contributed by atoms with Crippen LogP contribution in [0.2, 0.25) is 10.0 Å². The minimum absolute atomic E-state index is 0.197. The molecule has 2 N–H and O–H groups in total. The maximum Gasteiger partial charge on any atom is 0.271 e. The number of carbonyl (C=O) groups is 1. The number of rotatable bonds is 7. The maximum absolute atomic E-state index is 12.0. The van der Waals surface area contributed by atoms with Gasteiger partial charge in [-0.15, -0.1) is 0 Å². The van der Waals surface area contributed by atoms with Crippen LogP contribution in [0.1, 0.15) is 23.8 Å². The van der Waals surface area contributed by atoms with Gasteiger partial charge >= 0.3 is 0 Å². The van der Waals surface area contributed by atoms with Crippen LogP contribution < -0.4 is 10.6 Å². The summed E-state index contributed by atoms with van der Waals surface area (Å²) >= 11 is 11.9. The summed E-state index contributed by atoms with van der Waals surface area (Å²) in [6.45, 7) is 4.36. The fraction of sp³-hybridized carbons (Fsp3) is 0.333. The van der Waals surface area contributed by atoms with Gasteiger partial charge in [0.05, 0.1) is 15.7 Å². The highest BCUT2D eigenvalue weighted by Crippen LogP contribution is 2.24. The Labute approximate surface area is 139 Å². The Bertz CT molecular complexity index is 642. The van der Waals surface area contributed by atoms with Gasteiger partial charge in [-0.3, -0.25) is 4.79 Å². The quantitative estimate of drug-likeness (QED) is 0.762. The highest BCUT2D eigenvalue weighted by molar-refractivity contribution is 6.42. The van der Waals surface area contributed by atoms with E-state index in [1.54, 1.807) is 35.1 Å². The number of amides is 1. The molecule has 2 aromatic rings. The summed E-state index contributed by atoms with van der Waals surface area (Å²) in [5.41, 5.74) is 1.11. The van der Waals surface area contributed by atoms with Crippen LogP contribution in [0.5, 0.6) is 0 Å². The summed E-state index contributed by atoms with van der Waals surface area (Å²) in [7, 11) is 0. The molecule has 118 valence electrons. The molecule has 0 spiro atoms. The lowest BCUT2D eigenvalue weighted by Gasteiger charge is -2.05. The first-order valence-electron chi connectivity index (χ1n) is 7.12. The topological polar surface area (TPSA) is 58.9 Å². The molecular weight excluding hydrogens is 323 g/mol. The monoisotopic (exact) mass is 340 g/mol. The first-order valence-corrected chi connectivity index (χ1v) is 7.87. The molecule has 0 atom stereocenters. The van der Waals surface area contributed by atoms with Gasteiger partial charge in [0.1, 0.15) is 0 Å². The van der Waals surface area contributed by atoms with E-state index in [4.69, 9.17) is 23.2 Å². The largest absolute Gasteiger partial charge is 0.349 e. The van der Waals surface area contributed by atoms with Crippen molar-refractivity contribution in [3.63, 3.8) is 0 Å². The molecule has 1 heterocycles. The van der Waals surface area contributed by atoms with Crippen LogP contribution in [0, 0.1) is 0 Å². The molecule has 22 heavy (non-hydrogen) atoms. The molecule has 1 aromatic heterocycles. The van der Waals surface area contributed by atoms with Gasteiger partial charge in [-0.25, -0.2) is 4.68 Å². The Balaban J connectivity index is 1.95. The fourth-order valence-corrected chi connectivity index (χ4v) is 2.17. The highest BCUT2D eigenvalue weighted by atomic mass is 35.5. The van der Waals surface area contributed by atoms with Crippen molar-refractivity contribution in [3.05, 3.63) is 46.2 Å². The van der Waals surface area contributed by atoms with E-state index < -0.39 is 0 Å². The minimum Gasteiger partial charge on any atom is -0.349 e. The molecule has 0 bridgehead atoms. The van der Waals surface area contributed by atoms with Crippen molar-refractivity contribution < 1.29 is 4.79 Å². The maximum atomic E-state index is 12.0. The van der Waals surface area contributed by atoms with Crippen molar-refractivity contribution in [1.82, 2.24) is 20.4 Å². The fourth-order valence-electron chi connectivity index (χ4n) is 1.87. The van der Waals surface area contributed by atoms with Crippen LogP contribution in [-0.2, 0) is 0 Å². The molecule has 0 fully saturated rings. The van der Waals surface area contributed by atoms with Crippen molar-refractivity contribution in [2.24, 2.45) is 0 Å². The van der Waals surface area contributed by atoms with Gasteiger partial charge in [0.2, 0.25) is 0 Å². The molecule has 1 aromatic carbocycles. The number of nitrogens with one attached hydrogen (secondary N) is 2. The van der Waals surface area contributed by atoms with Crippen LogP contribution in [0.15, 0.2) is 30.5 Å². The van der Waals surface area contributed by atoms with E-state index in [1.807, 2.05) is 0 Å². The lowest BCUT2D eigenvalue weighted by molar-refractivity contribution is 0.0948. The van der Waals surface area contributed by atoms with E-state index in [-0.39, 0.29) is 5.91 Å². The van der Waals surface area contributed by atoms with Gasteiger partial charge in [0.25, 0.3) is 5.91 Å². The molecule has 0 saturated carbocycles. The van der Waals surface area contributed by atoms with E-state index in [0.717, 1.165) is 25.2 Å². The molecular formula is C15H18Cl2N4O. The summed E-state index contributed by atoms with van der Waals surface area (Å²) in [4.78, 5) is 12.0. The number of carbonyl (C=O) groups excluding carboxylic acids is 1. The normalized spacial score (nSPS) is 10.7. The van der Waals surface area contributed by atoms with E-state index in [2.05, 4.69) is 22.7 Å². The molecule has 7 heteroatoms. The second-order valence-corrected chi connectivity index (χ2v) is 5.56. The van der Waals surface area contributed by atoms with Crippen molar-refractivity contribution in [2.75, 3.05) is 19.6 Å². The summed E-state index contributed by atoms with van der Waals surface area (Å²) in [6, 6.07) is 6.85. The van der Waals surface area contributed by atoms with Crippen molar-refractivity contribution in [1.29, 1.82) is 0 Å². The van der Waals surface area contributed by atoms with Gasteiger partial charge < -0.3 is 10.6 Å². The predicted octanol–water partition coefficient (Wildman–Crippen LogP) is 2.91. The summed E-state index contributed by atoms with van der Waals surface area (Å²) in [6.07, 6.45) is 2.78. The molecule has 0 radical (unpaired) electrons. The third kappa shape index (κ3) is 4.47. The molecule has 1 amide bonds. The van der Waals surface area contributed by atoms with Gasteiger partial charge in [0.15, 0.2) is 5.69 Å². The SMILES string of the molecule is CCCNCCNC(=O)c1ccn(-c2ccc(Cl)c(Cl)c2)n1. The average molecular weight is 341 g/mol. The Hall–Kier alpha value is -1.56. The van der Waals surface area contributed by atoms with Crippen LogP contribution in [0.25, 0.3) is 5.69 Å². The number of halogens is 2. The van der Waals surface area contributed by atoms with Gasteiger partial charge in [-0.2, -0.15) is 5.10 Å². The standard InChI is InChI=1S/C15H18Cl2N4O/c1-2-6-18-7-8-19-15(22)14-5-9-21(20-14)11-3-4-12(16)13(17)10-11/h3-5,9-10,18H,2,6-8H2,1H3,(H,19,22). The summed E-state index contributed by atoms with van der Waals surface area (Å²) in [5.74, 6) is -0.197. The number of benzene rings is 1. The van der Waals surface area contributed by atoms with E-state index >= 15 is 0 Å². The summed E-state index contributed by atoms with van der Waals surface area (Å²) in [5, 5.41) is 11.2. The van der Waals surface area contributed by atoms with Gasteiger partial charge in [-0.05, 0) is 37.2 Å². The molecule has 0 aliphatic rings. The van der Waals surface area contributed by atoms with Crippen LogP contribution in [0.4, 0.5) is 0 Å².